The molecule has 0 spiro atoms. The summed E-state index contributed by atoms with van der Waals surface area (Å²) in [5.74, 6) is -5.56. The Balaban J connectivity index is 1.41. The van der Waals surface area contributed by atoms with Gasteiger partial charge < -0.3 is 31.3 Å². The highest BCUT2D eigenvalue weighted by atomic mass is 16.4. The van der Waals surface area contributed by atoms with E-state index < -0.39 is 55.2 Å². The Kier molecular flexibility index (Phi) is 10.6. The summed E-state index contributed by atoms with van der Waals surface area (Å²) in [4.78, 5) is 37.7. The van der Waals surface area contributed by atoms with E-state index >= 15 is 0 Å². The first kappa shape index (κ1) is 30.4. The molecule has 3 aromatic carbocycles. The van der Waals surface area contributed by atoms with Crippen molar-refractivity contribution < 1.29 is 37.9 Å². The Morgan fingerprint density at radius 2 is 0.846 bits per heavy atom. The number of benzene rings is 3. The zero-order valence-corrected chi connectivity index (χ0v) is 29.4. The Morgan fingerprint density at radius 1 is 0.558 bits per heavy atom. The molecule has 3 aromatic rings. The van der Waals surface area contributed by atoms with Gasteiger partial charge in [0, 0.05) is 27.7 Å². The maximum Gasteiger partial charge on any atom is 0.307 e. The van der Waals surface area contributed by atoms with Gasteiger partial charge in [0.25, 0.3) is 0 Å². The first-order valence-corrected chi connectivity index (χ1v) is 18.4. The molecule has 0 amide bonds. The lowest BCUT2D eigenvalue weighted by Crippen LogP contribution is -2.28. The van der Waals surface area contributed by atoms with E-state index in [9.17, 15) is 37.9 Å². The molecule has 3 heterocycles. The van der Waals surface area contributed by atoms with Crippen molar-refractivity contribution in [2.75, 3.05) is 39.3 Å². The highest BCUT2D eigenvalue weighted by Gasteiger charge is 2.33. The number of aliphatic carboxylic acids is 3. The van der Waals surface area contributed by atoms with Crippen molar-refractivity contribution >= 4 is 17.9 Å². The van der Waals surface area contributed by atoms with Crippen LogP contribution in [0.15, 0.2) is 72.8 Å². The molecule has 0 radical (unpaired) electrons. The van der Waals surface area contributed by atoms with Crippen molar-refractivity contribution in [2.45, 2.75) is 58.0 Å². The highest BCUT2D eigenvalue weighted by Crippen LogP contribution is 2.28. The van der Waals surface area contributed by atoms with Crippen LogP contribution in [0.4, 0.5) is 0 Å². The maximum atomic E-state index is 12.4. The van der Waals surface area contributed by atoms with E-state index in [-0.39, 0.29) is 53.7 Å². The fraction of sp³-hybridized carbons (Fsp3) is 0.500. The summed E-state index contributed by atoms with van der Waals surface area (Å²) in [5, 5.41) is 40.0. The Bertz CT molecular complexity index is 1720. The molecule has 3 fully saturated rings. The highest BCUT2D eigenvalue weighted by molar-refractivity contribution is 5.72. The molecular weight excluding hydrogens is 656 g/mol. The molecule has 52 heavy (non-hydrogen) atoms. The van der Waals surface area contributed by atoms with E-state index in [1.165, 1.54) is 36.4 Å². The van der Waals surface area contributed by atoms with Crippen LogP contribution in [-0.2, 0) is 53.1 Å². The first-order valence-electron chi connectivity index (χ1n) is 21.4. The van der Waals surface area contributed by atoms with Crippen LogP contribution in [0.25, 0.3) is 0 Å². The number of carbonyl (C=O) groups is 3. The number of nitrogens with one attached hydrogen (secondary N) is 3. The lowest BCUT2D eigenvalue weighted by molar-refractivity contribution is -0.144. The van der Waals surface area contributed by atoms with Gasteiger partial charge in [-0.3, -0.25) is 19.3 Å². The van der Waals surface area contributed by atoms with Crippen molar-refractivity contribution in [3.05, 3.63) is 106 Å². The van der Waals surface area contributed by atoms with Gasteiger partial charge >= 0.3 is 17.9 Å². The standard InChI is InChI=1S/C42H54N4O6/c47-40(48)37(34-10-13-43-22-34)19-28-4-1-7-31(16-28)25-46(26-32-8-2-5-29(17-32)20-38(41(49)50)35-11-14-44-23-35)27-33-9-3-6-30(18-33)21-39(42(51)52)36-12-15-45-24-36/h1-9,16-18,34-39,43-45H,10-15,19-27H2,(H,47,48)(H,49,50)(H,51,52)/i25D2,26D2,27D2. The van der Waals surface area contributed by atoms with E-state index in [1.54, 1.807) is 36.4 Å². The van der Waals surface area contributed by atoms with Gasteiger partial charge in [-0.2, -0.15) is 0 Å². The summed E-state index contributed by atoms with van der Waals surface area (Å²) in [6.45, 7) is -4.91. The Morgan fingerprint density at radius 3 is 1.10 bits per heavy atom. The zero-order chi connectivity index (χ0) is 41.8. The number of hydrogen-bond donors (Lipinski definition) is 6. The van der Waals surface area contributed by atoms with Crippen molar-refractivity contribution in [2.24, 2.45) is 35.5 Å². The predicted molar refractivity (Wildman–Crippen MR) is 200 cm³/mol. The number of carboxylic acid groups (broad SMARTS) is 3. The average Bonchev–Trinajstić information content (AvgIpc) is 4.00. The minimum atomic E-state index is -2.87. The average molecular weight is 717 g/mol. The summed E-state index contributed by atoms with van der Waals surface area (Å²) < 4.78 is 57.9. The Hall–Kier alpha value is -4.09. The molecule has 10 heteroatoms. The molecule has 3 aliphatic rings. The first-order chi connectivity index (χ1) is 27.5. The van der Waals surface area contributed by atoms with Crippen LogP contribution in [0.2, 0.25) is 0 Å². The fourth-order valence-electron chi connectivity index (χ4n) is 7.96. The molecule has 278 valence electrons. The second kappa shape index (κ2) is 18.1. The summed E-state index contributed by atoms with van der Waals surface area (Å²) >= 11 is 0. The van der Waals surface area contributed by atoms with Gasteiger partial charge in [0.05, 0.1) is 17.8 Å². The molecule has 0 aromatic heterocycles. The van der Waals surface area contributed by atoms with Gasteiger partial charge in [-0.15, -0.1) is 0 Å². The van der Waals surface area contributed by atoms with E-state index in [0.29, 0.717) is 80.1 Å². The number of hydrogen-bond acceptors (Lipinski definition) is 7. The fourth-order valence-corrected chi connectivity index (χ4v) is 7.96. The van der Waals surface area contributed by atoms with E-state index in [0.717, 1.165) is 0 Å². The predicted octanol–water partition coefficient (Wildman–Crippen LogP) is 4.45. The lowest BCUT2D eigenvalue weighted by Gasteiger charge is -2.25. The molecule has 10 nitrogen and oxygen atoms in total. The van der Waals surface area contributed by atoms with Crippen LogP contribution in [0.5, 0.6) is 0 Å². The summed E-state index contributed by atoms with van der Waals surface area (Å²) in [5.41, 5.74) is 1.27. The quantitative estimate of drug-likeness (QED) is 0.112. The second-order valence-corrected chi connectivity index (χ2v) is 14.5. The van der Waals surface area contributed by atoms with Crippen LogP contribution in [0.3, 0.4) is 0 Å². The number of carboxylic acids is 3. The monoisotopic (exact) mass is 716 g/mol. The molecule has 0 bridgehead atoms. The van der Waals surface area contributed by atoms with E-state index in [4.69, 9.17) is 0 Å². The van der Waals surface area contributed by atoms with Crippen LogP contribution in [0, 0.1) is 35.5 Å². The molecule has 0 aliphatic carbocycles. The van der Waals surface area contributed by atoms with Crippen molar-refractivity contribution in [3.8, 4) is 0 Å². The third-order valence-corrected chi connectivity index (χ3v) is 10.8. The van der Waals surface area contributed by atoms with Gasteiger partial charge in [-0.05, 0) is 129 Å². The molecule has 6 atom stereocenters. The van der Waals surface area contributed by atoms with Crippen molar-refractivity contribution in [3.63, 3.8) is 0 Å². The molecule has 6 N–H and O–H groups in total. The van der Waals surface area contributed by atoms with Crippen LogP contribution >= 0.6 is 0 Å². The van der Waals surface area contributed by atoms with Gasteiger partial charge in [-0.1, -0.05) is 72.8 Å². The topological polar surface area (TPSA) is 151 Å². The minimum absolute atomic E-state index is 0.0851. The van der Waals surface area contributed by atoms with Crippen LogP contribution in [-0.4, -0.2) is 77.4 Å². The van der Waals surface area contributed by atoms with Crippen molar-refractivity contribution in [1.82, 2.24) is 20.9 Å². The molecule has 3 aliphatic heterocycles. The summed E-state index contributed by atoms with van der Waals surface area (Å²) in [6, 6.07) is 18.5. The third-order valence-electron chi connectivity index (χ3n) is 10.8. The zero-order valence-electron chi connectivity index (χ0n) is 35.4. The Labute approximate surface area is 315 Å². The number of rotatable bonds is 18. The normalized spacial score (nSPS) is 24.5. The van der Waals surface area contributed by atoms with Crippen LogP contribution < -0.4 is 16.0 Å². The SMILES string of the molecule is [2H]C([2H])(c1cccc(CC(C(=O)O)C2CCNC2)c1)N(C([2H])([2H])c1cccc(CC(C(=O)O)C2CCNC2)c1)C([2H])([2H])c1cccc(CC(C(=O)O)C2CCNC2)c1. The molecule has 3 saturated heterocycles. The van der Waals surface area contributed by atoms with Gasteiger partial charge in [0.15, 0.2) is 0 Å². The largest absolute Gasteiger partial charge is 0.481 e. The molecular formula is C42H54N4O6. The van der Waals surface area contributed by atoms with Gasteiger partial charge in [-0.25, -0.2) is 0 Å². The van der Waals surface area contributed by atoms with E-state index in [2.05, 4.69) is 16.0 Å². The number of nitrogens with zero attached hydrogens (tertiary/aromatic N) is 1. The smallest absolute Gasteiger partial charge is 0.307 e. The van der Waals surface area contributed by atoms with Gasteiger partial charge in [0.1, 0.15) is 0 Å². The van der Waals surface area contributed by atoms with E-state index in [1.807, 2.05) is 0 Å². The van der Waals surface area contributed by atoms with Gasteiger partial charge in [0.2, 0.25) is 0 Å². The van der Waals surface area contributed by atoms with Crippen LogP contribution in [0.1, 0.15) is 60.9 Å². The maximum absolute atomic E-state index is 12.4. The molecule has 6 rings (SSSR count). The second-order valence-electron chi connectivity index (χ2n) is 14.5. The third kappa shape index (κ3) is 10.3. The molecule has 0 saturated carbocycles. The summed E-state index contributed by atoms with van der Waals surface area (Å²) in [6.07, 6.45) is 2.33. The lowest BCUT2D eigenvalue weighted by atomic mass is 9.85. The minimum Gasteiger partial charge on any atom is -0.481 e. The molecule has 6 unspecified atom stereocenters. The summed E-state index contributed by atoms with van der Waals surface area (Å²) in [7, 11) is 0. The van der Waals surface area contributed by atoms with Crippen molar-refractivity contribution in [1.29, 1.82) is 0 Å².